The lowest BCUT2D eigenvalue weighted by Crippen LogP contribution is -2.50. The number of hydrogen-bond donors (Lipinski definition) is 0. The number of pyridine rings is 1. The smallest absolute Gasteiger partial charge is 0.298 e. The summed E-state index contributed by atoms with van der Waals surface area (Å²) in [4.78, 5) is 18.3. The van der Waals surface area contributed by atoms with Gasteiger partial charge < -0.3 is 0 Å². The molecule has 6 rings (SSSR count). The molecule has 162 valence electrons. The Kier molecular flexibility index (Phi) is 5.17. The van der Waals surface area contributed by atoms with E-state index in [4.69, 9.17) is 0 Å². The van der Waals surface area contributed by atoms with Crippen molar-refractivity contribution in [2.75, 3.05) is 5.75 Å². The number of thiophene rings is 1. The highest BCUT2D eigenvalue weighted by molar-refractivity contribution is 8.00. The third kappa shape index (κ3) is 3.80. The van der Waals surface area contributed by atoms with Crippen molar-refractivity contribution in [3.63, 3.8) is 0 Å². The Bertz CT molecular complexity index is 1020. The lowest BCUT2D eigenvalue weighted by molar-refractivity contribution is -0.141. The van der Waals surface area contributed by atoms with Crippen LogP contribution in [0.15, 0.2) is 28.6 Å². The number of thioether (sulfide) groups is 1. The molecular weight excluding hydrogens is 441 g/mol. The van der Waals surface area contributed by atoms with Gasteiger partial charge in [-0.15, -0.1) is 11.3 Å². The van der Waals surface area contributed by atoms with Crippen LogP contribution in [0.3, 0.4) is 0 Å². The lowest BCUT2D eigenvalue weighted by atomic mass is 9.48. The first-order valence-electron chi connectivity index (χ1n) is 10.5. The second-order valence-electron chi connectivity index (χ2n) is 9.23. The van der Waals surface area contributed by atoms with E-state index in [2.05, 4.69) is 4.98 Å². The van der Waals surface area contributed by atoms with Crippen LogP contribution in [-0.4, -0.2) is 16.5 Å². The molecule has 3 nitrogen and oxygen atoms in total. The average Bonchev–Trinajstić information content (AvgIpc) is 3.24. The van der Waals surface area contributed by atoms with E-state index in [-0.39, 0.29) is 27.7 Å². The molecule has 4 fully saturated rings. The molecule has 0 radical (unpaired) electrons. The van der Waals surface area contributed by atoms with Crippen LogP contribution in [0.25, 0.3) is 10.6 Å². The molecule has 0 aromatic carbocycles. The van der Waals surface area contributed by atoms with Crippen molar-refractivity contribution in [2.45, 2.75) is 49.7 Å². The summed E-state index contributed by atoms with van der Waals surface area (Å²) in [5.41, 5.74) is -1.60. The van der Waals surface area contributed by atoms with E-state index in [0.29, 0.717) is 22.6 Å². The predicted molar refractivity (Wildman–Crippen MR) is 114 cm³/mol. The molecule has 2 aromatic heterocycles. The molecule has 0 spiro atoms. The van der Waals surface area contributed by atoms with Gasteiger partial charge in [0.25, 0.3) is 0 Å². The van der Waals surface area contributed by atoms with Gasteiger partial charge in [-0.3, -0.25) is 4.79 Å². The summed E-state index contributed by atoms with van der Waals surface area (Å²) in [5, 5.41) is 11.3. The Labute approximate surface area is 187 Å². The first kappa shape index (κ1) is 21.0. The largest absolute Gasteiger partial charge is 0.417 e. The maximum atomic E-state index is 13.7. The number of halogens is 3. The Morgan fingerprint density at radius 2 is 1.87 bits per heavy atom. The van der Waals surface area contributed by atoms with Gasteiger partial charge in [-0.05, 0) is 73.8 Å². The average molecular weight is 463 g/mol. The van der Waals surface area contributed by atoms with Gasteiger partial charge >= 0.3 is 6.18 Å². The van der Waals surface area contributed by atoms with Gasteiger partial charge in [-0.1, -0.05) is 17.8 Å². The summed E-state index contributed by atoms with van der Waals surface area (Å²) in [6.07, 6.45) is 1.74. The highest BCUT2D eigenvalue weighted by atomic mass is 32.2. The number of Topliss-reactive ketones (excluding diaryl/α,β-unsaturated/α-hetero) is 1. The number of hydrogen-bond acceptors (Lipinski definition) is 5. The fraction of sp³-hybridized carbons (Fsp3) is 0.522. The number of nitriles is 1. The van der Waals surface area contributed by atoms with Crippen molar-refractivity contribution in [2.24, 2.45) is 23.2 Å². The maximum absolute atomic E-state index is 13.7. The van der Waals surface area contributed by atoms with Crippen LogP contribution < -0.4 is 0 Å². The molecule has 0 unspecified atom stereocenters. The number of carbonyl (C=O) groups excluding carboxylic acids is 1. The number of rotatable bonds is 5. The molecular formula is C23H21F3N2OS2. The fourth-order valence-corrected chi connectivity index (χ4v) is 7.97. The molecule has 0 atom stereocenters. The zero-order valence-electron chi connectivity index (χ0n) is 16.7. The molecule has 0 aliphatic heterocycles. The monoisotopic (exact) mass is 462 g/mol. The first-order valence-corrected chi connectivity index (χ1v) is 12.4. The van der Waals surface area contributed by atoms with Gasteiger partial charge in [-0.25, -0.2) is 4.98 Å². The Balaban J connectivity index is 1.44. The summed E-state index contributed by atoms with van der Waals surface area (Å²) in [6.45, 7) is 0. The van der Waals surface area contributed by atoms with Crippen LogP contribution in [0.2, 0.25) is 0 Å². The Morgan fingerprint density at radius 3 is 2.39 bits per heavy atom. The van der Waals surface area contributed by atoms with Gasteiger partial charge in [0.2, 0.25) is 0 Å². The van der Waals surface area contributed by atoms with Crippen LogP contribution in [0.1, 0.15) is 49.7 Å². The highest BCUT2D eigenvalue weighted by Crippen LogP contribution is 2.60. The minimum Gasteiger partial charge on any atom is -0.298 e. The number of ketones is 1. The minimum absolute atomic E-state index is 0.00111. The van der Waals surface area contributed by atoms with Crippen molar-refractivity contribution in [3.05, 3.63) is 34.7 Å². The molecule has 8 heteroatoms. The molecule has 4 aliphatic carbocycles. The summed E-state index contributed by atoms with van der Waals surface area (Å²) < 4.78 is 41.1. The standard InChI is InChI=1S/C23H21F3N2OS2/c24-23(25,26)17-7-18(19-2-1-3-30-19)28-21(16(17)11-27)31-12-20(29)22-8-13-4-14(9-22)6-15(5-13)10-22/h1-3,7,13-15H,4-6,8-10,12H2. The Hall–Kier alpha value is -1.85. The summed E-state index contributed by atoms with van der Waals surface area (Å²) in [5.74, 6) is 2.04. The van der Waals surface area contributed by atoms with Crippen LogP contribution in [-0.2, 0) is 11.0 Å². The van der Waals surface area contributed by atoms with Crippen LogP contribution >= 0.6 is 23.1 Å². The van der Waals surface area contributed by atoms with E-state index in [1.165, 1.54) is 30.6 Å². The Morgan fingerprint density at radius 1 is 1.23 bits per heavy atom. The van der Waals surface area contributed by atoms with Gasteiger partial charge in [0.1, 0.15) is 16.9 Å². The van der Waals surface area contributed by atoms with Gasteiger partial charge in [0, 0.05) is 5.41 Å². The fourth-order valence-electron chi connectivity index (χ4n) is 6.25. The molecule has 0 N–H and O–H groups in total. The molecule has 0 amide bonds. The van der Waals surface area contributed by atoms with Crippen molar-refractivity contribution in [3.8, 4) is 16.6 Å². The van der Waals surface area contributed by atoms with E-state index in [9.17, 15) is 23.2 Å². The van der Waals surface area contributed by atoms with Gasteiger partial charge in [-0.2, -0.15) is 18.4 Å². The second-order valence-corrected chi connectivity index (χ2v) is 11.1. The number of aromatic nitrogens is 1. The number of nitrogens with zero attached hydrogens (tertiary/aromatic N) is 2. The predicted octanol–water partition coefficient (Wildman–Crippen LogP) is 6.58. The molecule has 4 saturated carbocycles. The van der Waals surface area contributed by atoms with Crippen molar-refractivity contribution in [1.29, 1.82) is 5.26 Å². The highest BCUT2D eigenvalue weighted by Gasteiger charge is 2.54. The van der Waals surface area contributed by atoms with Crippen LogP contribution in [0.4, 0.5) is 13.2 Å². The molecule has 4 bridgehead atoms. The normalized spacial score (nSPS) is 29.2. The second kappa shape index (κ2) is 7.63. The van der Waals surface area contributed by atoms with Crippen molar-refractivity contribution < 1.29 is 18.0 Å². The lowest BCUT2D eigenvalue weighted by Gasteiger charge is -2.56. The summed E-state index contributed by atoms with van der Waals surface area (Å²) >= 11 is 2.28. The van der Waals surface area contributed by atoms with E-state index in [0.717, 1.165) is 37.1 Å². The van der Waals surface area contributed by atoms with Crippen LogP contribution in [0.5, 0.6) is 0 Å². The topological polar surface area (TPSA) is 53.8 Å². The number of alkyl halides is 3. The summed E-state index contributed by atoms with van der Waals surface area (Å²) in [6, 6.07) is 6.08. The van der Waals surface area contributed by atoms with Crippen molar-refractivity contribution >= 4 is 28.9 Å². The molecule has 4 aliphatic rings. The maximum Gasteiger partial charge on any atom is 0.417 e. The van der Waals surface area contributed by atoms with Gasteiger partial charge in [0.15, 0.2) is 0 Å². The van der Waals surface area contributed by atoms with E-state index >= 15 is 0 Å². The van der Waals surface area contributed by atoms with E-state index in [1.807, 2.05) is 0 Å². The summed E-state index contributed by atoms with van der Waals surface area (Å²) in [7, 11) is 0. The van der Waals surface area contributed by atoms with E-state index < -0.39 is 17.3 Å². The molecule has 0 saturated heterocycles. The zero-order chi connectivity index (χ0) is 21.8. The third-order valence-electron chi connectivity index (χ3n) is 7.15. The van der Waals surface area contributed by atoms with Crippen LogP contribution in [0, 0.1) is 34.5 Å². The minimum atomic E-state index is -4.67. The number of carbonyl (C=O) groups is 1. The zero-order valence-corrected chi connectivity index (χ0v) is 18.4. The van der Waals surface area contributed by atoms with Crippen molar-refractivity contribution in [1.82, 2.24) is 4.98 Å². The quantitative estimate of drug-likeness (QED) is 0.471. The van der Waals surface area contributed by atoms with E-state index in [1.54, 1.807) is 23.6 Å². The third-order valence-corrected chi connectivity index (χ3v) is 9.01. The van der Waals surface area contributed by atoms with Gasteiger partial charge in [0.05, 0.1) is 27.5 Å². The molecule has 2 aromatic rings. The first-order chi connectivity index (χ1) is 14.8. The molecule has 31 heavy (non-hydrogen) atoms. The molecule has 2 heterocycles. The SMILES string of the molecule is N#Cc1c(C(F)(F)F)cc(-c2cccs2)nc1SCC(=O)C12CC3CC(CC(C3)C1)C2.